The zero-order valence-electron chi connectivity index (χ0n) is 9.40. The van der Waals surface area contributed by atoms with Crippen molar-refractivity contribution in [1.82, 2.24) is 10.4 Å². The number of hydrogen-bond acceptors (Lipinski definition) is 4. The number of rotatable bonds is 3. The van der Waals surface area contributed by atoms with Crippen LogP contribution in [0.4, 0.5) is 10.2 Å². The van der Waals surface area contributed by atoms with Crippen molar-refractivity contribution in [2.45, 2.75) is 6.04 Å². The van der Waals surface area contributed by atoms with E-state index < -0.39 is 6.04 Å². The lowest BCUT2D eigenvalue weighted by Gasteiger charge is -2.19. The average Bonchev–Trinajstić information content (AvgIpc) is 2.36. The molecule has 0 aliphatic rings. The largest absolute Gasteiger partial charge is 0.383 e. The van der Waals surface area contributed by atoms with Gasteiger partial charge in [0, 0.05) is 16.2 Å². The number of anilines is 1. The molecular formula is C12H12BrFN4. The Morgan fingerprint density at radius 1 is 1.28 bits per heavy atom. The third-order valence-electron chi connectivity index (χ3n) is 2.62. The Kier molecular flexibility index (Phi) is 3.90. The van der Waals surface area contributed by atoms with Gasteiger partial charge in [-0.1, -0.05) is 22.0 Å². The molecule has 5 N–H and O–H groups in total. The van der Waals surface area contributed by atoms with Crippen LogP contribution in [0.5, 0.6) is 0 Å². The molecule has 0 saturated carbocycles. The molecule has 4 nitrogen and oxygen atoms in total. The SMILES string of the molecule is NNC(c1cc(F)ccc1Br)c1cccnc1N. The summed E-state index contributed by atoms with van der Waals surface area (Å²) in [7, 11) is 0. The molecule has 0 aliphatic heterocycles. The first-order valence-electron chi connectivity index (χ1n) is 5.25. The van der Waals surface area contributed by atoms with Gasteiger partial charge in [-0.25, -0.2) is 14.8 Å². The smallest absolute Gasteiger partial charge is 0.128 e. The van der Waals surface area contributed by atoms with Crippen LogP contribution in [0.25, 0.3) is 0 Å². The van der Waals surface area contributed by atoms with Crippen LogP contribution in [0.1, 0.15) is 17.2 Å². The molecule has 0 bridgehead atoms. The Labute approximate surface area is 112 Å². The van der Waals surface area contributed by atoms with E-state index in [-0.39, 0.29) is 5.82 Å². The number of hydrogen-bond donors (Lipinski definition) is 3. The normalized spacial score (nSPS) is 12.4. The minimum Gasteiger partial charge on any atom is -0.383 e. The van der Waals surface area contributed by atoms with Gasteiger partial charge >= 0.3 is 0 Å². The van der Waals surface area contributed by atoms with E-state index in [0.29, 0.717) is 16.9 Å². The van der Waals surface area contributed by atoms with Gasteiger partial charge < -0.3 is 5.73 Å². The summed E-state index contributed by atoms with van der Waals surface area (Å²) in [5.74, 6) is 5.57. The molecule has 0 radical (unpaired) electrons. The van der Waals surface area contributed by atoms with Gasteiger partial charge in [-0.2, -0.15) is 0 Å². The van der Waals surface area contributed by atoms with Crippen LogP contribution in [0, 0.1) is 5.82 Å². The first-order valence-corrected chi connectivity index (χ1v) is 6.04. The van der Waals surface area contributed by atoms with Crippen LogP contribution in [-0.4, -0.2) is 4.98 Å². The molecule has 1 heterocycles. The van der Waals surface area contributed by atoms with Crippen LogP contribution in [-0.2, 0) is 0 Å². The fourth-order valence-corrected chi connectivity index (χ4v) is 2.23. The Hall–Kier alpha value is -1.50. The van der Waals surface area contributed by atoms with Crippen molar-refractivity contribution in [3.8, 4) is 0 Å². The van der Waals surface area contributed by atoms with E-state index in [2.05, 4.69) is 26.3 Å². The molecule has 2 aromatic rings. The van der Waals surface area contributed by atoms with E-state index in [4.69, 9.17) is 11.6 Å². The molecule has 0 saturated heterocycles. The number of nitrogens with one attached hydrogen (secondary N) is 1. The topological polar surface area (TPSA) is 77.0 Å². The first-order chi connectivity index (χ1) is 8.63. The minimum atomic E-state index is -0.427. The van der Waals surface area contributed by atoms with E-state index in [1.165, 1.54) is 12.1 Å². The van der Waals surface area contributed by atoms with Gasteiger partial charge in [-0.3, -0.25) is 5.84 Å². The molecule has 6 heteroatoms. The number of benzene rings is 1. The van der Waals surface area contributed by atoms with Gasteiger partial charge in [0.25, 0.3) is 0 Å². The molecule has 1 aromatic carbocycles. The van der Waals surface area contributed by atoms with Gasteiger partial charge in [0.2, 0.25) is 0 Å². The number of halogens is 2. The third kappa shape index (κ3) is 2.50. The summed E-state index contributed by atoms with van der Waals surface area (Å²) in [6.45, 7) is 0. The standard InChI is InChI=1S/C12H12BrFN4/c13-10-4-3-7(14)6-9(10)11(18-16)8-2-1-5-17-12(8)15/h1-6,11,18H,16H2,(H2,15,17). The molecule has 94 valence electrons. The molecule has 0 aliphatic carbocycles. The second kappa shape index (κ2) is 5.43. The fourth-order valence-electron chi connectivity index (χ4n) is 1.76. The van der Waals surface area contributed by atoms with Crippen molar-refractivity contribution in [2.75, 3.05) is 5.73 Å². The second-order valence-corrected chi connectivity index (χ2v) is 4.60. The second-order valence-electron chi connectivity index (χ2n) is 3.74. The highest BCUT2D eigenvalue weighted by Crippen LogP contribution is 2.30. The Morgan fingerprint density at radius 2 is 2.06 bits per heavy atom. The minimum absolute atomic E-state index is 0.337. The molecule has 1 unspecified atom stereocenters. The van der Waals surface area contributed by atoms with Gasteiger partial charge in [0.05, 0.1) is 6.04 Å². The number of nitrogens with zero attached hydrogens (tertiary/aromatic N) is 1. The van der Waals surface area contributed by atoms with Crippen molar-refractivity contribution in [3.63, 3.8) is 0 Å². The molecule has 18 heavy (non-hydrogen) atoms. The third-order valence-corrected chi connectivity index (χ3v) is 3.34. The maximum Gasteiger partial charge on any atom is 0.128 e. The molecule has 0 fully saturated rings. The van der Waals surface area contributed by atoms with Crippen molar-refractivity contribution < 1.29 is 4.39 Å². The van der Waals surface area contributed by atoms with Crippen molar-refractivity contribution in [3.05, 3.63) is 57.9 Å². The number of hydrazine groups is 1. The maximum atomic E-state index is 13.3. The molecule has 0 spiro atoms. The number of nitrogen functional groups attached to an aromatic ring is 1. The van der Waals surface area contributed by atoms with E-state index in [1.54, 1.807) is 24.4 Å². The Balaban J connectivity index is 2.52. The van der Waals surface area contributed by atoms with Crippen molar-refractivity contribution >= 4 is 21.7 Å². The maximum absolute atomic E-state index is 13.3. The number of aromatic nitrogens is 1. The molecule has 1 atom stereocenters. The highest BCUT2D eigenvalue weighted by molar-refractivity contribution is 9.10. The molecule has 0 amide bonds. The van der Waals surface area contributed by atoms with Crippen LogP contribution >= 0.6 is 15.9 Å². The highest BCUT2D eigenvalue weighted by Gasteiger charge is 2.18. The van der Waals surface area contributed by atoms with Crippen molar-refractivity contribution in [2.24, 2.45) is 5.84 Å². The van der Waals surface area contributed by atoms with Crippen LogP contribution in [0.2, 0.25) is 0 Å². The van der Waals surface area contributed by atoms with E-state index >= 15 is 0 Å². The van der Waals surface area contributed by atoms with Gasteiger partial charge in [0.1, 0.15) is 11.6 Å². The summed E-state index contributed by atoms with van der Waals surface area (Å²) in [6, 6.07) is 7.52. The zero-order valence-corrected chi connectivity index (χ0v) is 11.0. The van der Waals surface area contributed by atoms with Gasteiger partial charge in [0.15, 0.2) is 0 Å². The molecule has 2 rings (SSSR count). The van der Waals surface area contributed by atoms with Gasteiger partial charge in [-0.05, 0) is 29.8 Å². The Bertz CT molecular complexity index is 562. The average molecular weight is 311 g/mol. The predicted molar refractivity (Wildman–Crippen MR) is 71.9 cm³/mol. The van der Waals surface area contributed by atoms with E-state index in [0.717, 1.165) is 4.47 Å². The summed E-state index contributed by atoms with van der Waals surface area (Å²) in [5, 5.41) is 0. The van der Waals surface area contributed by atoms with E-state index in [1.807, 2.05) is 0 Å². The lowest BCUT2D eigenvalue weighted by Crippen LogP contribution is -2.30. The summed E-state index contributed by atoms with van der Waals surface area (Å²) >= 11 is 3.37. The molecule has 1 aromatic heterocycles. The zero-order chi connectivity index (χ0) is 13.1. The Morgan fingerprint density at radius 3 is 2.72 bits per heavy atom. The van der Waals surface area contributed by atoms with E-state index in [9.17, 15) is 4.39 Å². The summed E-state index contributed by atoms with van der Waals surface area (Å²) < 4.78 is 14.1. The fraction of sp³-hybridized carbons (Fsp3) is 0.0833. The van der Waals surface area contributed by atoms with Crippen LogP contribution in [0.15, 0.2) is 41.0 Å². The lowest BCUT2D eigenvalue weighted by atomic mass is 10.00. The summed E-state index contributed by atoms with van der Waals surface area (Å²) in [4.78, 5) is 4.00. The van der Waals surface area contributed by atoms with Crippen molar-refractivity contribution in [1.29, 1.82) is 0 Å². The summed E-state index contributed by atoms with van der Waals surface area (Å²) in [5.41, 5.74) is 9.80. The van der Waals surface area contributed by atoms with Gasteiger partial charge in [-0.15, -0.1) is 0 Å². The first kappa shape index (κ1) is 12.9. The molecular weight excluding hydrogens is 299 g/mol. The quantitative estimate of drug-likeness (QED) is 0.599. The number of nitrogens with two attached hydrogens (primary N) is 2. The lowest BCUT2D eigenvalue weighted by molar-refractivity contribution is 0.603. The van der Waals surface area contributed by atoms with Crippen LogP contribution < -0.4 is 17.0 Å². The highest BCUT2D eigenvalue weighted by atomic mass is 79.9. The number of pyridine rings is 1. The summed E-state index contributed by atoms with van der Waals surface area (Å²) in [6.07, 6.45) is 1.59. The van der Waals surface area contributed by atoms with Crippen LogP contribution in [0.3, 0.4) is 0 Å². The monoisotopic (exact) mass is 310 g/mol. The predicted octanol–water partition coefficient (Wildman–Crippen LogP) is 2.12.